The molecule has 0 aliphatic rings. The first-order valence-electron chi connectivity index (χ1n) is 8.27. The number of carbonyl (C=O) groups is 1. The Bertz CT molecular complexity index is 840. The molecule has 6 nitrogen and oxygen atoms in total. The van der Waals surface area contributed by atoms with E-state index in [4.69, 9.17) is 0 Å². The number of carbonyl (C=O) groups excluding carboxylic acids is 1. The maximum absolute atomic E-state index is 12.8. The summed E-state index contributed by atoms with van der Waals surface area (Å²) in [7, 11) is 0. The average Bonchev–Trinajstić information content (AvgIpc) is 3.08. The van der Waals surface area contributed by atoms with Gasteiger partial charge in [0.2, 0.25) is 0 Å². The van der Waals surface area contributed by atoms with Crippen molar-refractivity contribution in [2.24, 2.45) is 0 Å². The molecule has 0 saturated heterocycles. The molecule has 0 atom stereocenters. The Morgan fingerprint density at radius 1 is 1.13 bits per heavy atom. The highest BCUT2D eigenvalue weighted by Gasteiger charge is 2.40. The smallest absolute Gasteiger partial charge is 0.370 e. The van der Waals surface area contributed by atoms with E-state index in [0.29, 0.717) is 5.56 Å². The lowest BCUT2D eigenvalue weighted by atomic mass is 10.1. The number of aromatic nitrogens is 2. The average molecular weight is 443 g/mol. The van der Waals surface area contributed by atoms with Crippen LogP contribution in [-0.2, 0) is 22.8 Å². The highest BCUT2D eigenvalue weighted by Crippen LogP contribution is 2.23. The molecule has 0 spiro atoms. The van der Waals surface area contributed by atoms with Crippen molar-refractivity contribution in [3.05, 3.63) is 47.8 Å². The Balaban J connectivity index is 1.88. The summed E-state index contributed by atoms with van der Waals surface area (Å²) in [5.41, 5.74) is 0.579. The van der Waals surface area contributed by atoms with E-state index >= 15 is 0 Å². The fourth-order valence-corrected chi connectivity index (χ4v) is 2.13. The van der Waals surface area contributed by atoms with Crippen molar-refractivity contribution >= 4 is 11.6 Å². The third kappa shape index (κ3) is 7.63. The minimum absolute atomic E-state index is 0.109. The van der Waals surface area contributed by atoms with E-state index in [-0.39, 0.29) is 11.3 Å². The molecular formula is C17H16F7N3O3. The number of amides is 1. The lowest BCUT2D eigenvalue weighted by Gasteiger charge is -2.15. The predicted octanol–water partition coefficient (Wildman–Crippen LogP) is 4.09. The van der Waals surface area contributed by atoms with Gasteiger partial charge in [0, 0.05) is 5.56 Å². The van der Waals surface area contributed by atoms with Gasteiger partial charge in [-0.2, -0.15) is 27.1 Å². The molecular weight excluding hydrogens is 427 g/mol. The Morgan fingerprint density at radius 2 is 1.87 bits per heavy atom. The zero-order valence-electron chi connectivity index (χ0n) is 15.1. The van der Waals surface area contributed by atoms with Crippen LogP contribution in [0.2, 0.25) is 0 Å². The van der Waals surface area contributed by atoms with Crippen LogP contribution < -0.4 is 5.32 Å². The van der Waals surface area contributed by atoms with Crippen LogP contribution >= 0.6 is 0 Å². The maximum Gasteiger partial charge on any atom is 0.411 e. The van der Waals surface area contributed by atoms with Gasteiger partial charge >= 0.3 is 18.5 Å². The summed E-state index contributed by atoms with van der Waals surface area (Å²) in [6.45, 7) is -3.83. The lowest BCUT2D eigenvalue weighted by Crippen LogP contribution is -2.32. The van der Waals surface area contributed by atoms with Gasteiger partial charge in [0.25, 0.3) is 5.91 Å². The van der Waals surface area contributed by atoms with Crippen molar-refractivity contribution < 1.29 is 45.0 Å². The molecule has 1 amide bonds. The molecule has 1 aromatic heterocycles. The van der Waals surface area contributed by atoms with Crippen molar-refractivity contribution in [1.29, 1.82) is 0 Å². The Morgan fingerprint density at radius 3 is 2.53 bits per heavy atom. The minimum Gasteiger partial charge on any atom is -0.370 e. The van der Waals surface area contributed by atoms with E-state index in [2.05, 4.69) is 19.9 Å². The fourth-order valence-electron chi connectivity index (χ4n) is 2.13. The first-order chi connectivity index (χ1) is 14.0. The molecule has 1 heterocycles. The third-order valence-corrected chi connectivity index (χ3v) is 3.45. The Kier molecular flexibility index (Phi) is 7.78. The first kappa shape index (κ1) is 23.6. The van der Waals surface area contributed by atoms with Crippen molar-refractivity contribution in [3.8, 4) is 0 Å². The Labute approximate surface area is 165 Å². The summed E-state index contributed by atoms with van der Waals surface area (Å²) >= 11 is 0. The minimum atomic E-state index is -4.48. The monoisotopic (exact) mass is 443 g/mol. The van der Waals surface area contributed by atoms with E-state index in [9.17, 15) is 35.5 Å². The second kappa shape index (κ2) is 9.89. The van der Waals surface area contributed by atoms with Crippen molar-refractivity contribution in [1.82, 2.24) is 9.78 Å². The molecule has 2 rings (SSSR count). The fraction of sp³-hybridized carbons (Fsp3) is 0.412. The number of hydrogen-bond acceptors (Lipinski definition) is 4. The molecule has 0 unspecified atom stereocenters. The molecule has 0 fully saturated rings. The number of hydrogen-bond donors (Lipinski definition) is 1. The number of rotatable bonds is 10. The molecule has 0 radical (unpaired) electrons. The van der Waals surface area contributed by atoms with E-state index in [0.717, 1.165) is 4.68 Å². The summed E-state index contributed by atoms with van der Waals surface area (Å²) in [5.74, 6) is -4.90. The molecule has 2 aromatic rings. The maximum atomic E-state index is 12.8. The summed E-state index contributed by atoms with van der Waals surface area (Å²) in [6.07, 6.45) is -5.90. The Hall–Kier alpha value is -2.67. The highest BCUT2D eigenvalue weighted by molar-refractivity contribution is 6.04. The van der Waals surface area contributed by atoms with E-state index < -0.39 is 51.0 Å². The molecule has 0 bridgehead atoms. The second-order valence-corrected chi connectivity index (χ2v) is 6.07. The zero-order chi connectivity index (χ0) is 22.4. The summed E-state index contributed by atoms with van der Waals surface area (Å²) in [5, 5.41) is 6.18. The van der Waals surface area contributed by atoms with Crippen molar-refractivity contribution in [3.63, 3.8) is 0 Å². The standard InChI is InChI=1S/C17H16F7N3O3/c18-15(19)16(20,21)8-29-7-11-2-1-3-12(4-11)14(28)26-13-5-25-27(6-13)10-30-9-17(22,23)24/h1-6,15H,7-10H2,(H,26,28). The van der Waals surface area contributed by atoms with E-state index in [1.54, 1.807) is 0 Å². The molecule has 0 saturated carbocycles. The van der Waals surface area contributed by atoms with E-state index in [1.165, 1.54) is 36.7 Å². The zero-order valence-corrected chi connectivity index (χ0v) is 15.1. The number of benzene rings is 1. The quantitative estimate of drug-likeness (QED) is 0.562. The SMILES string of the molecule is O=C(Nc1cnn(COCC(F)(F)F)c1)c1cccc(COCC(F)(F)C(F)F)c1. The number of anilines is 1. The topological polar surface area (TPSA) is 65.4 Å². The number of nitrogens with zero attached hydrogens (tertiary/aromatic N) is 2. The summed E-state index contributed by atoms with van der Waals surface area (Å²) in [4.78, 5) is 12.3. The molecule has 166 valence electrons. The van der Waals surface area contributed by atoms with Gasteiger partial charge in [-0.15, -0.1) is 0 Å². The van der Waals surface area contributed by atoms with Gasteiger partial charge in [-0.1, -0.05) is 12.1 Å². The van der Waals surface area contributed by atoms with Crippen LogP contribution in [0.25, 0.3) is 0 Å². The first-order valence-corrected chi connectivity index (χ1v) is 8.27. The number of ether oxygens (including phenoxy) is 2. The van der Waals surface area contributed by atoms with Crippen LogP contribution in [-0.4, -0.2) is 47.4 Å². The van der Waals surface area contributed by atoms with Gasteiger partial charge in [0.15, 0.2) is 0 Å². The van der Waals surface area contributed by atoms with Crippen molar-refractivity contribution in [2.45, 2.75) is 31.9 Å². The number of alkyl halides is 7. The predicted molar refractivity (Wildman–Crippen MR) is 89.2 cm³/mol. The van der Waals surface area contributed by atoms with Crippen LogP contribution in [0.3, 0.4) is 0 Å². The molecule has 13 heteroatoms. The summed E-state index contributed by atoms with van der Waals surface area (Å²) in [6, 6.07) is 5.61. The summed E-state index contributed by atoms with van der Waals surface area (Å²) < 4.78 is 96.0. The number of halogens is 7. The third-order valence-electron chi connectivity index (χ3n) is 3.45. The highest BCUT2D eigenvalue weighted by atomic mass is 19.4. The number of nitrogens with one attached hydrogen (secondary N) is 1. The van der Waals surface area contributed by atoms with Crippen LogP contribution in [0, 0.1) is 0 Å². The normalized spacial score (nSPS) is 12.4. The van der Waals surface area contributed by atoms with Gasteiger partial charge in [-0.25, -0.2) is 13.5 Å². The molecule has 0 aliphatic heterocycles. The molecule has 0 aliphatic carbocycles. The molecule has 1 aromatic carbocycles. The van der Waals surface area contributed by atoms with Gasteiger partial charge in [-0.05, 0) is 17.7 Å². The molecule has 1 N–H and O–H groups in total. The molecule has 30 heavy (non-hydrogen) atoms. The lowest BCUT2D eigenvalue weighted by molar-refractivity contribution is -0.182. The second-order valence-electron chi connectivity index (χ2n) is 6.07. The van der Waals surface area contributed by atoms with Gasteiger partial charge in [-0.3, -0.25) is 4.79 Å². The van der Waals surface area contributed by atoms with Gasteiger partial charge in [0.05, 0.1) is 24.7 Å². The van der Waals surface area contributed by atoms with E-state index in [1.807, 2.05) is 0 Å². The van der Waals surface area contributed by atoms with Crippen LogP contribution in [0.1, 0.15) is 15.9 Å². The van der Waals surface area contributed by atoms with Crippen LogP contribution in [0.5, 0.6) is 0 Å². The van der Waals surface area contributed by atoms with Crippen LogP contribution in [0.4, 0.5) is 36.4 Å². The van der Waals surface area contributed by atoms with Crippen LogP contribution in [0.15, 0.2) is 36.7 Å². The van der Waals surface area contributed by atoms with Gasteiger partial charge in [0.1, 0.15) is 19.9 Å². The van der Waals surface area contributed by atoms with Gasteiger partial charge < -0.3 is 14.8 Å². The van der Waals surface area contributed by atoms with Crippen molar-refractivity contribution in [2.75, 3.05) is 18.5 Å². The largest absolute Gasteiger partial charge is 0.411 e.